The number of anilines is 1. The number of nitrogens with zero attached hydrogens (tertiary/aromatic N) is 3. The molecule has 18 heavy (non-hydrogen) atoms. The van der Waals surface area contributed by atoms with E-state index in [4.69, 9.17) is 10.00 Å². The van der Waals surface area contributed by atoms with Crippen LogP contribution in [0.1, 0.15) is 24.0 Å². The maximum absolute atomic E-state index is 9.18. The van der Waals surface area contributed by atoms with Crippen molar-refractivity contribution < 1.29 is 4.74 Å². The van der Waals surface area contributed by atoms with E-state index < -0.39 is 0 Å². The summed E-state index contributed by atoms with van der Waals surface area (Å²) in [7, 11) is 1.93. The number of hydrogen-bond donors (Lipinski definition) is 0. The third-order valence-electron chi connectivity index (χ3n) is 3.19. The molecule has 1 aliphatic heterocycles. The Morgan fingerprint density at radius 3 is 2.83 bits per heavy atom. The van der Waals surface area contributed by atoms with Crippen LogP contribution in [0.2, 0.25) is 0 Å². The Morgan fingerprint density at radius 2 is 2.22 bits per heavy atom. The highest BCUT2D eigenvalue weighted by Crippen LogP contribution is 2.23. The van der Waals surface area contributed by atoms with E-state index in [1.807, 2.05) is 18.0 Å². The minimum Gasteiger partial charge on any atom is -0.376 e. The largest absolute Gasteiger partial charge is 0.376 e. The summed E-state index contributed by atoms with van der Waals surface area (Å²) in [6.07, 6.45) is 2.39. The van der Waals surface area contributed by atoms with Crippen molar-refractivity contribution in [3.8, 4) is 12.1 Å². The Balaban J connectivity index is 2.22. The minimum absolute atomic E-state index is 0.229. The fraction of sp³-hybridized carbons (Fsp3) is 0.429. The van der Waals surface area contributed by atoms with E-state index in [1.165, 1.54) is 0 Å². The molecule has 1 heterocycles. The lowest BCUT2D eigenvalue weighted by Crippen LogP contribution is -2.29. The number of hydrogen-bond acceptors (Lipinski definition) is 4. The molecule has 1 aromatic carbocycles. The van der Waals surface area contributed by atoms with Crippen molar-refractivity contribution in [2.24, 2.45) is 0 Å². The number of benzene rings is 1. The van der Waals surface area contributed by atoms with Gasteiger partial charge in [-0.05, 0) is 25.0 Å². The summed E-state index contributed by atoms with van der Waals surface area (Å²) in [5.74, 6) is 0. The highest BCUT2D eigenvalue weighted by atomic mass is 16.5. The second kappa shape index (κ2) is 5.53. The van der Waals surface area contributed by atoms with Crippen LogP contribution in [0, 0.1) is 22.7 Å². The van der Waals surface area contributed by atoms with Crippen molar-refractivity contribution in [2.75, 3.05) is 25.1 Å². The van der Waals surface area contributed by atoms with E-state index in [-0.39, 0.29) is 6.10 Å². The molecule has 1 aromatic rings. The molecule has 1 saturated heterocycles. The quantitative estimate of drug-likeness (QED) is 0.812. The number of likely N-dealkylation sites (N-methyl/N-ethyl adjacent to an activating group) is 1. The van der Waals surface area contributed by atoms with Crippen LogP contribution in [-0.2, 0) is 4.74 Å². The molecule has 0 amide bonds. The third kappa shape index (κ3) is 2.45. The summed E-state index contributed by atoms with van der Waals surface area (Å²) in [5, 5.41) is 18.2. The van der Waals surface area contributed by atoms with E-state index in [9.17, 15) is 5.26 Å². The van der Waals surface area contributed by atoms with Crippen LogP contribution in [0.3, 0.4) is 0 Å². The predicted octanol–water partition coefficient (Wildman–Crippen LogP) is 2.05. The van der Waals surface area contributed by atoms with Gasteiger partial charge in [-0.2, -0.15) is 10.5 Å². The molecule has 92 valence electrons. The minimum atomic E-state index is 0.229. The van der Waals surface area contributed by atoms with E-state index in [2.05, 4.69) is 12.1 Å². The molecule has 1 fully saturated rings. The van der Waals surface area contributed by atoms with Gasteiger partial charge in [-0.1, -0.05) is 6.07 Å². The molecule has 0 spiro atoms. The summed E-state index contributed by atoms with van der Waals surface area (Å²) in [6, 6.07) is 9.52. The standard InChI is InChI=1S/C14H15N3O/c1-17(10-12-5-3-7-18-12)14-6-2-4-11(8-15)13(14)9-16/h2,4,6,12H,3,5,7,10H2,1H3/t12-/m1/s1. The summed E-state index contributed by atoms with van der Waals surface area (Å²) < 4.78 is 5.59. The Morgan fingerprint density at radius 1 is 1.39 bits per heavy atom. The molecular weight excluding hydrogens is 226 g/mol. The second-order valence-corrected chi connectivity index (χ2v) is 4.44. The lowest BCUT2D eigenvalue weighted by Gasteiger charge is -2.23. The molecule has 0 bridgehead atoms. The molecule has 1 aliphatic rings. The lowest BCUT2D eigenvalue weighted by molar-refractivity contribution is 0.116. The van der Waals surface area contributed by atoms with Crippen LogP contribution in [0.5, 0.6) is 0 Å². The number of ether oxygens (including phenoxy) is 1. The Hall–Kier alpha value is -2.04. The third-order valence-corrected chi connectivity index (χ3v) is 3.19. The van der Waals surface area contributed by atoms with Crippen molar-refractivity contribution in [1.29, 1.82) is 10.5 Å². The van der Waals surface area contributed by atoms with E-state index in [0.29, 0.717) is 11.1 Å². The molecular formula is C14H15N3O. The van der Waals surface area contributed by atoms with Gasteiger partial charge in [-0.25, -0.2) is 0 Å². The summed E-state index contributed by atoms with van der Waals surface area (Å²) in [5.41, 5.74) is 1.67. The molecule has 4 nitrogen and oxygen atoms in total. The lowest BCUT2D eigenvalue weighted by atomic mass is 10.1. The summed E-state index contributed by atoms with van der Waals surface area (Å²) in [6.45, 7) is 1.57. The van der Waals surface area contributed by atoms with Crippen molar-refractivity contribution >= 4 is 5.69 Å². The SMILES string of the molecule is CN(C[C@H]1CCCO1)c1cccc(C#N)c1C#N. The van der Waals surface area contributed by atoms with Crippen molar-refractivity contribution in [3.05, 3.63) is 29.3 Å². The normalized spacial score (nSPS) is 18.1. The molecule has 0 aliphatic carbocycles. The first kappa shape index (κ1) is 12.4. The Kier molecular flexibility index (Phi) is 3.82. The first-order valence-electron chi connectivity index (χ1n) is 6.02. The summed E-state index contributed by atoms with van der Waals surface area (Å²) >= 11 is 0. The highest BCUT2D eigenvalue weighted by molar-refractivity contribution is 5.65. The Labute approximate surface area is 107 Å². The zero-order valence-electron chi connectivity index (χ0n) is 10.4. The van der Waals surface area contributed by atoms with Crippen LogP contribution in [0.15, 0.2) is 18.2 Å². The highest BCUT2D eigenvalue weighted by Gasteiger charge is 2.19. The number of rotatable bonds is 3. The second-order valence-electron chi connectivity index (χ2n) is 4.44. The van der Waals surface area contributed by atoms with Gasteiger partial charge in [0.25, 0.3) is 0 Å². The molecule has 4 heteroatoms. The fourth-order valence-electron chi connectivity index (χ4n) is 2.26. The molecule has 0 radical (unpaired) electrons. The number of nitriles is 2. The van der Waals surface area contributed by atoms with Crippen molar-refractivity contribution in [3.63, 3.8) is 0 Å². The molecule has 1 atom stereocenters. The van der Waals surface area contributed by atoms with Gasteiger partial charge in [-0.15, -0.1) is 0 Å². The molecule has 2 rings (SSSR count). The maximum Gasteiger partial charge on any atom is 0.103 e. The van der Waals surface area contributed by atoms with Crippen LogP contribution in [0.25, 0.3) is 0 Å². The van der Waals surface area contributed by atoms with Gasteiger partial charge in [0.1, 0.15) is 12.1 Å². The van der Waals surface area contributed by atoms with Gasteiger partial charge < -0.3 is 9.64 Å². The van der Waals surface area contributed by atoms with Crippen LogP contribution in [0.4, 0.5) is 5.69 Å². The van der Waals surface area contributed by atoms with Gasteiger partial charge in [-0.3, -0.25) is 0 Å². The van der Waals surface area contributed by atoms with Gasteiger partial charge in [0, 0.05) is 20.2 Å². The molecule has 0 unspecified atom stereocenters. The van der Waals surface area contributed by atoms with Crippen LogP contribution < -0.4 is 4.90 Å². The van der Waals surface area contributed by atoms with E-state index in [1.54, 1.807) is 12.1 Å². The van der Waals surface area contributed by atoms with E-state index in [0.717, 1.165) is 31.7 Å². The molecule has 0 aromatic heterocycles. The van der Waals surface area contributed by atoms with E-state index >= 15 is 0 Å². The Bertz CT molecular complexity index is 507. The van der Waals surface area contributed by atoms with Gasteiger partial charge >= 0.3 is 0 Å². The first-order chi connectivity index (χ1) is 8.76. The smallest absolute Gasteiger partial charge is 0.103 e. The van der Waals surface area contributed by atoms with Gasteiger partial charge in [0.05, 0.1) is 22.9 Å². The summed E-state index contributed by atoms with van der Waals surface area (Å²) in [4.78, 5) is 2.00. The zero-order valence-corrected chi connectivity index (χ0v) is 10.4. The van der Waals surface area contributed by atoms with Gasteiger partial charge in [0.15, 0.2) is 0 Å². The van der Waals surface area contributed by atoms with Crippen molar-refractivity contribution in [1.82, 2.24) is 0 Å². The van der Waals surface area contributed by atoms with Crippen molar-refractivity contribution in [2.45, 2.75) is 18.9 Å². The van der Waals surface area contributed by atoms with Gasteiger partial charge in [0.2, 0.25) is 0 Å². The average Bonchev–Trinajstić information content (AvgIpc) is 2.90. The monoisotopic (exact) mass is 241 g/mol. The van der Waals surface area contributed by atoms with Crippen LogP contribution in [-0.4, -0.2) is 26.3 Å². The maximum atomic E-state index is 9.18. The van der Waals surface area contributed by atoms with Crippen LogP contribution >= 0.6 is 0 Å². The first-order valence-corrected chi connectivity index (χ1v) is 6.02. The molecule has 0 N–H and O–H groups in total. The topological polar surface area (TPSA) is 60.0 Å². The average molecular weight is 241 g/mol. The molecule has 0 saturated carbocycles. The zero-order chi connectivity index (χ0) is 13.0. The fourth-order valence-corrected chi connectivity index (χ4v) is 2.26. The predicted molar refractivity (Wildman–Crippen MR) is 68.1 cm³/mol.